The third kappa shape index (κ3) is 5.12. The maximum Gasteiger partial charge on any atom is 0.301 e. The third-order valence-corrected chi connectivity index (χ3v) is 8.69. The highest BCUT2D eigenvalue weighted by atomic mass is 32.1. The average Bonchev–Trinajstić information content (AvgIpc) is 3.64. The molecule has 0 aliphatic carbocycles. The topological polar surface area (TPSA) is 98.2 Å². The van der Waals surface area contributed by atoms with Crippen LogP contribution in [-0.2, 0) is 16.0 Å². The van der Waals surface area contributed by atoms with Gasteiger partial charge in [-0.3, -0.25) is 14.5 Å². The molecule has 6 rings (SSSR count). The van der Waals surface area contributed by atoms with Crippen LogP contribution in [0.25, 0.3) is 16.0 Å². The van der Waals surface area contributed by atoms with Crippen LogP contribution in [0.3, 0.4) is 0 Å². The molecular formula is C34H34N2O6S. The highest BCUT2D eigenvalue weighted by molar-refractivity contribution is 7.22. The van der Waals surface area contributed by atoms with Crippen LogP contribution in [0.5, 0.6) is 17.2 Å². The predicted octanol–water partition coefficient (Wildman–Crippen LogP) is 7.05. The molecule has 9 heteroatoms. The Balaban J connectivity index is 1.54. The number of aliphatic hydroxyl groups excluding tert-OH is 1. The van der Waals surface area contributed by atoms with Gasteiger partial charge in [-0.05, 0) is 92.8 Å². The molecule has 43 heavy (non-hydrogen) atoms. The van der Waals surface area contributed by atoms with E-state index >= 15 is 0 Å². The number of nitrogens with zero attached hydrogens (tertiary/aromatic N) is 2. The van der Waals surface area contributed by atoms with Gasteiger partial charge < -0.3 is 19.3 Å². The van der Waals surface area contributed by atoms with Gasteiger partial charge in [0.15, 0.2) is 16.6 Å². The largest absolute Gasteiger partial charge is 0.507 e. The number of hydrogen-bond donors (Lipinski definition) is 1. The molecule has 4 aromatic rings. The van der Waals surface area contributed by atoms with E-state index in [9.17, 15) is 14.7 Å². The number of hydrogen-bond acceptors (Lipinski definition) is 8. The Hall–Kier alpha value is -4.37. The maximum absolute atomic E-state index is 13.8. The number of amides is 1. The van der Waals surface area contributed by atoms with Crippen molar-refractivity contribution < 1.29 is 28.9 Å². The summed E-state index contributed by atoms with van der Waals surface area (Å²) in [4.78, 5) is 33.9. The number of aromatic nitrogens is 1. The first kappa shape index (κ1) is 28.7. The molecule has 1 N–H and O–H groups in total. The molecule has 2 atom stereocenters. The van der Waals surface area contributed by atoms with Crippen molar-refractivity contribution in [2.24, 2.45) is 0 Å². The van der Waals surface area contributed by atoms with Crippen LogP contribution in [0.1, 0.15) is 61.1 Å². The molecule has 2 aliphatic rings. The number of carbonyl (C=O) groups excluding carboxylic acids is 2. The molecule has 0 bridgehead atoms. The Morgan fingerprint density at radius 1 is 1.07 bits per heavy atom. The van der Waals surface area contributed by atoms with Gasteiger partial charge in [0.2, 0.25) is 0 Å². The van der Waals surface area contributed by atoms with Crippen LogP contribution >= 0.6 is 11.3 Å². The van der Waals surface area contributed by atoms with E-state index < -0.39 is 17.7 Å². The normalized spacial score (nSPS) is 19.1. The van der Waals surface area contributed by atoms with Gasteiger partial charge in [-0.25, -0.2) is 4.98 Å². The molecule has 2 aliphatic heterocycles. The third-order valence-electron chi connectivity index (χ3n) is 7.68. The summed E-state index contributed by atoms with van der Waals surface area (Å²) in [5.74, 6) is 0.0592. The molecule has 1 amide bonds. The summed E-state index contributed by atoms with van der Waals surface area (Å²) in [6.07, 6.45) is 1.54. The molecule has 0 unspecified atom stereocenters. The summed E-state index contributed by atoms with van der Waals surface area (Å²) in [7, 11) is 0. The highest BCUT2D eigenvalue weighted by Gasteiger charge is 2.48. The standard InChI is InChI=1S/C34H34N2O6S/c1-6-12-41-25-11-8-21(17-26(25)40-7-2)30-28(31(37)22-9-10-24-23(16-22)15-20(5)42-24)32(38)33(39)36(30)34-35-29-19(4)13-18(3)14-27(29)43-34/h8-11,13-14,16-17,20,30,37H,6-7,12,15H2,1-5H3/t20-,30-/m0/s1. The predicted molar refractivity (Wildman–Crippen MR) is 168 cm³/mol. The molecule has 3 aromatic carbocycles. The van der Waals surface area contributed by atoms with Gasteiger partial charge >= 0.3 is 5.91 Å². The van der Waals surface area contributed by atoms with Crippen LogP contribution in [-0.4, -0.2) is 41.1 Å². The van der Waals surface area contributed by atoms with Gasteiger partial charge in [0, 0.05) is 12.0 Å². The Morgan fingerprint density at radius 2 is 1.88 bits per heavy atom. The first-order valence-corrected chi connectivity index (χ1v) is 15.4. The van der Waals surface area contributed by atoms with E-state index in [0.29, 0.717) is 47.4 Å². The molecule has 222 valence electrons. The number of anilines is 1. The summed E-state index contributed by atoms with van der Waals surface area (Å²) < 4.78 is 18.6. The maximum atomic E-state index is 13.8. The summed E-state index contributed by atoms with van der Waals surface area (Å²) in [6, 6.07) is 13.8. The first-order chi connectivity index (χ1) is 20.7. The molecule has 3 heterocycles. The van der Waals surface area contributed by atoms with Gasteiger partial charge in [0.25, 0.3) is 5.78 Å². The molecular weight excluding hydrogens is 564 g/mol. The number of aryl methyl sites for hydroxylation is 2. The minimum absolute atomic E-state index is 0.00579. The smallest absolute Gasteiger partial charge is 0.301 e. The Bertz CT molecular complexity index is 1790. The number of ether oxygens (including phenoxy) is 3. The minimum Gasteiger partial charge on any atom is -0.507 e. The number of carbonyl (C=O) groups is 2. The van der Waals surface area contributed by atoms with Crippen molar-refractivity contribution in [3.05, 3.63) is 81.9 Å². The first-order valence-electron chi connectivity index (χ1n) is 14.6. The molecule has 0 spiro atoms. The van der Waals surface area contributed by atoms with Crippen molar-refractivity contribution >= 4 is 44.1 Å². The van der Waals surface area contributed by atoms with Gasteiger partial charge in [-0.2, -0.15) is 0 Å². The lowest BCUT2D eigenvalue weighted by Gasteiger charge is -2.24. The average molecular weight is 599 g/mol. The van der Waals surface area contributed by atoms with Gasteiger partial charge in [-0.15, -0.1) is 0 Å². The number of ketones is 1. The van der Waals surface area contributed by atoms with E-state index in [-0.39, 0.29) is 17.4 Å². The Labute approximate surface area is 254 Å². The zero-order valence-corrected chi connectivity index (χ0v) is 25.7. The highest BCUT2D eigenvalue weighted by Crippen LogP contribution is 2.46. The summed E-state index contributed by atoms with van der Waals surface area (Å²) in [5, 5.41) is 12.1. The van der Waals surface area contributed by atoms with E-state index in [1.807, 2.05) is 58.9 Å². The summed E-state index contributed by atoms with van der Waals surface area (Å²) in [5.41, 5.74) is 4.82. The second kappa shape index (κ2) is 11.4. The SMILES string of the molecule is CCCOc1ccc([C@H]2C(=C(O)c3ccc4c(c3)C[C@H](C)O4)C(=O)C(=O)N2c2nc3c(C)cc(C)cc3s2)cc1OCC. The van der Waals surface area contributed by atoms with Crippen molar-refractivity contribution in [1.29, 1.82) is 0 Å². The molecule has 1 fully saturated rings. The van der Waals surface area contributed by atoms with Crippen LogP contribution < -0.4 is 19.1 Å². The fourth-order valence-corrected chi connectivity index (χ4v) is 6.99. The lowest BCUT2D eigenvalue weighted by molar-refractivity contribution is -0.132. The van der Waals surface area contributed by atoms with Crippen molar-refractivity contribution in [2.75, 3.05) is 18.1 Å². The fourth-order valence-electron chi connectivity index (χ4n) is 5.83. The number of thiazole rings is 1. The minimum atomic E-state index is -0.940. The number of benzene rings is 3. The van der Waals surface area contributed by atoms with Crippen LogP contribution in [0, 0.1) is 13.8 Å². The quantitative estimate of drug-likeness (QED) is 0.132. The van der Waals surface area contributed by atoms with Crippen LogP contribution in [0.4, 0.5) is 5.13 Å². The van der Waals surface area contributed by atoms with Crippen molar-refractivity contribution in [3.63, 3.8) is 0 Å². The van der Waals surface area contributed by atoms with Crippen molar-refractivity contribution in [3.8, 4) is 17.2 Å². The van der Waals surface area contributed by atoms with E-state index in [1.165, 1.54) is 16.2 Å². The Morgan fingerprint density at radius 3 is 2.65 bits per heavy atom. The molecule has 8 nitrogen and oxygen atoms in total. The molecule has 0 saturated carbocycles. The fraction of sp³-hybridized carbons (Fsp3) is 0.324. The molecule has 1 aromatic heterocycles. The summed E-state index contributed by atoms with van der Waals surface area (Å²) in [6.45, 7) is 10.8. The second-order valence-corrected chi connectivity index (χ2v) is 12.0. The Kier molecular flexibility index (Phi) is 7.60. The number of rotatable bonds is 8. The lowest BCUT2D eigenvalue weighted by atomic mass is 9.94. The van der Waals surface area contributed by atoms with E-state index in [0.717, 1.165) is 39.1 Å². The molecule has 1 saturated heterocycles. The summed E-state index contributed by atoms with van der Waals surface area (Å²) >= 11 is 1.35. The van der Waals surface area contributed by atoms with Gasteiger partial charge in [-0.1, -0.05) is 30.4 Å². The second-order valence-electron chi connectivity index (χ2n) is 11.0. The van der Waals surface area contributed by atoms with E-state index in [4.69, 9.17) is 19.2 Å². The number of fused-ring (bicyclic) bond motifs is 2. The van der Waals surface area contributed by atoms with Gasteiger partial charge in [0.05, 0.1) is 35.0 Å². The lowest BCUT2D eigenvalue weighted by Crippen LogP contribution is -2.29. The monoisotopic (exact) mass is 598 g/mol. The van der Waals surface area contributed by atoms with E-state index in [2.05, 4.69) is 0 Å². The van der Waals surface area contributed by atoms with E-state index in [1.54, 1.807) is 24.3 Å². The number of aliphatic hydroxyl groups is 1. The van der Waals surface area contributed by atoms with Crippen molar-refractivity contribution in [1.82, 2.24) is 4.98 Å². The zero-order chi connectivity index (χ0) is 30.4. The van der Waals surface area contributed by atoms with Crippen molar-refractivity contribution in [2.45, 2.75) is 59.6 Å². The number of Topliss-reactive ketones (excluding diaryl/α,β-unsaturated/α-hetero) is 1. The van der Waals surface area contributed by atoms with Crippen LogP contribution in [0.15, 0.2) is 54.1 Å². The molecule has 0 radical (unpaired) electrons. The zero-order valence-electron chi connectivity index (χ0n) is 24.9. The van der Waals surface area contributed by atoms with Crippen LogP contribution in [0.2, 0.25) is 0 Å². The van der Waals surface area contributed by atoms with Gasteiger partial charge in [0.1, 0.15) is 17.6 Å².